The third kappa shape index (κ3) is 3.82. The lowest BCUT2D eigenvalue weighted by molar-refractivity contribution is 0.300. The van der Waals surface area contributed by atoms with Gasteiger partial charge in [-0.05, 0) is 30.8 Å². The van der Waals surface area contributed by atoms with Crippen molar-refractivity contribution in [3.05, 3.63) is 54.1 Å². The van der Waals surface area contributed by atoms with Crippen LogP contribution < -0.4 is 10.1 Å². The van der Waals surface area contributed by atoms with Crippen molar-refractivity contribution < 1.29 is 4.74 Å². The number of hydrogen-bond donors (Lipinski definition) is 1. The molecule has 0 bridgehead atoms. The molecule has 0 aliphatic heterocycles. The first kappa shape index (κ1) is 12.5. The average Bonchev–Trinajstić information content (AvgIpc) is 2.45. The van der Waals surface area contributed by atoms with Gasteiger partial charge in [0.2, 0.25) is 0 Å². The quantitative estimate of drug-likeness (QED) is 0.844. The molecular weight excluding hydrogens is 226 g/mol. The van der Waals surface area contributed by atoms with Gasteiger partial charge in [0.25, 0.3) is 0 Å². The van der Waals surface area contributed by atoms with Gasteiger partial charge in [-0.15, -0.1) is 0 Å². The van der Waals surface area contributed by atoms with E-state index in [2.05, 4.69) is 22.2 Å². The SMILES string of the molecule is CCNCc1ccc(OCc2ccccn2)cn1. The smallest absolute Gasteiger partial charge is 0.138 e. The molecule has 0 spiro atoms. The molecule has 0 amide bonds. The summed E-state index contributed by atoms with van der Waals surface area (Å²) in [5, 5.41) is 3.23. The lowest BCUT2D eigenvalue weighted by atomic mass is 10.3. The van der Waals surface area contributed by atoms with E-state index in [1.165, 1.54) is 0 Å². The van der Waals surface area contributed by atoms with E-state index in [9.17, 15) is 0 Å². The maximum absolute atomic E-state index is 5.61. The first-order valence-corrected chi connectivity index (χ1v) is 6.07. The zero-order valence-corrected chi connectivity index (χ0v) is 10.5. The molecule has 4 heteroatoms. The minimum atomic E-state index is 0.467. The van der Waals surface area contributed by atoms with Gasteiger partial charge in [0.15, 0.2) is 0 Å². The van der Waals surface area contributed by atoms with Gasteiger partial charge in [-0.25, -0.2) is 0 Å². The van der Waals surface area contributed by atoms with Crippen LogP contribution in [0.4, 0.5) is 0 Å². The second-order valence-corrected chi connectivity index (χ2v) is 3.88. The van der Waals surface area contributed by atoms with Crippen molar-refractivity contribution in [1.29, 1.82) is 0 Å². The zero-order chi connectivity index (χ0) is 12.6. The predicted molar refractivity (Wildman–Crippen MR) is 70.2 cm³/mol. The Labute approximate surface area is 107 Å². The van der Waals surface area contributed by atoms with Crippen molar-refractivity contribution in [3.63, 3.8) is 0 Å². The lowest BCUT2D eigenvalue weighted by Crippen LogP contribution is -2.12. The van der Waals surface area contributed by atoms with E-state index in [0.717, 1.165) is 30.2 Å². The highest BCUT2D eigenvalue weighted by Gasteiger charge is 1.98. The Morgan fingerprint density at radius 3 is 2.72 bits per heavy atom. The first-order valence-electron chi connectivity index (χ1n) is 6.07. The topological polar surface area (TPSA) is 47.0 Å². The summed E-state index contributed by atoms with van der Waals surface area (Å²) in [5.74, 6) is 0.765. The van der Waals surface area contributed by atoms with Crippen LogP contribution in [0.3, 0.4) is 0 Å². The van der Waals surface area contributed by atoms with Crippen LogP contribution in [0.5, 0.6) is 5.75 Å². The second kappa shape index (κ2) is 6.71. The molecule has 94 valence electrons. The summed E-state index contributed by atoms with van der Waals surface area (Å²) in [7, 11) is 0. The van der Waals surface area contributed by atoms with E-state index in [-0.39, 0.29) is 0 Å². The minimum absolute atomic E-state index is 0.467. The largest absolute Gasteiger partial charge is 0.486 e. The number of rotatable bonds is 6. The maximum Gasteiger partial charge on any atom is 0.138 e. The number of ether oxygens (including phenoxy) is 1. The Kier molecular flexibility index (Phi) is 4.67. The van der Waals surface area contributed by atoms with Crippen molar-refractivity contribution in [3.8, 4) is 5.75 Å². The highest BCUT2D eigenvalue weighted by molar-refractivity contribution is 5.20. The molecule has 0 aliphatic carbocycles. The fraction of sp³-hybridized carbons (Fsp3) is 0.286. The first-order chi connectivity index (χ1) is 8.88. The molecule has 2 heterocycles. The van der Waals surface area contributed by atoms with E-state index in [1.807, 2.05) is 30.3 Å². The third-order valence-electron chi connectivity index (χ3n) is 2.47. The molecule has 0 atom stereocenters. The Bertz CT molecular complexity index is 456. The molecule has 0 radical (unpaired) electrons. The zero-order valence-electron chi connectivity index (χ0n) is 10.5. The summed E-state index contributed by atoms with van der Waals surface area (Å²) in [6, 6.07) is 9.68. The Morgan fingerprint density at radius 2 is 2.06 bits per heavy atom. The number of hydrogen-bond acceptors (Lipinski definition) is 4. The van der Waals surface area contributed by atoms with Crippen LogP contribution in [-0.4, -0.2) is 16.5 Å². The van der Waals surface area contributed by atoms with Gasteiger partial charge in [0.1, 0.15) is 12.4 Å². The van der Waals surface area contributed by atoms with Crippen LogP contribution in [0, 0.1) is 0 Å². The highest BCUT2D eigenvalue weighted by Crippen LogP contribution is 2.10. The van der Waals surface area contributed by atoms with Crippen molar-refractivity contribution in [2.75, 3.05) is 6.54 Å². The molecule has 2 aromatic heterocycles. The van der Waals surface area contributed by atoms with Crippen molar-refractivity contribution >= 4 is 0 Å². The highest BCUT2D eigenvalue weighted by atomic mass is 16.5. The molecule has 2 aromatic rings. The summed E-state index contributed by atoms with van der Waals surface area (Å²) in [4.78, 5) is 8.52. The van der Waals surface area contributed by atoms with Crippen molar-refractivity contribution in [1.82, 2.24) is 15.3 Å². The Hall–Kier alpha value is -1.94. The van der Waals surface area contributed by atoms with Gasteiger partial charge in [-0.3, -0.25) is 9.97 Å². The molecule has 0 aromatic carbocycles. The average molecular weight is 243 g/mol. The maximum atomic E-state index is 5.61. The third-order valence-corrected chi connectivity index (χ3v) is 2.47. The van der Waals surface area contributed by atoms with Gasteiger partial charge in [-0.2, -0.15) is 0 Å². The predicted octanol–water partition coefficient (Wildman–Crippen LogP) is 2.17. The van der Waals surface area contributed by atoms with Crippen LogP contribution in [0.25, 0.3) is 0 Å². The minimum Gasteiger partial charge on any atom is -0.486 e. The van der Waals surface area contributed by atoms with Crippen molar-refractivity contribution in [2.45, 2.75) is 20.1 Å². The van der Waals surface area contributed by atoms with Gasteiger partial charge in [0, 0.05) is 12.7 Å². The normalized spacial score (nSPS) is 10.3. The Balaban J connectivity index is 1.86. The van der Waals surface area contributed by atoms with Gasteiger partial charge < -0.3 is 10.1 Å². The fourth-order valence-corrected chi connectivity index (χ4v) is 1.49. The summed E-state index contributed by atoms with van der Waals surface area (Å²) >= 11 is 0. The summed E-state index contributed by atoms with van der Waals surface area (Å²) in [6.45, 7) is 4.27. The molecule has 1 N–H and O–H groups in total. The van der Waals surface area contributed by atoms with Gasteiger partial charge in [0.05, 0.1) is 17.6 Å². The van der Waals surface area contributed by atoms with E-state index in [1.54, 1.807) is 12.4 Å². The number of nitrogens with zero attached hydrogens (tertiary/aromatic N) is 2. The number of pyridine rings is 2. The number of aromatic nitrogens is 2. The van der Waals surface area contributed by atoms with E-state index >= 15 is 0 Å². The summed E-state index contributed by atoms with van der Waals surface area (Å²) < 4.78 is 5.61. The summed E-state index contributed by atoms with van der Waals surface area (Å²) in [5.41, 5.74) is 1.93. The van der Waals surface area contributed by atoms with Crippen LogP contribution in [0.1, 0.15) is 18.3 Å². The van der Waals surface area contributed by atoms with Crippen LogP contribution in [0.2, 0.25) is 0 Å². The van der Waals surface area contributed by atoms with Crippen LogP contribution >= 0.6 is 0 Å². The van der Waals surface area contributed by atoms with Gasteiger partial charge in [-0.1, -0.05) is 13.0 Å². The molecule has 0 fully saturated rings. The van der Waals surface area contributed by atoms with Crippen LogP contribution in [-0.2, 0) is 13.2 Å². The summed E-state index contributed by atoms with van der Waals surface area (Å²) in [6.07, 6.45) is 3.51. The second-order valence-electron chi connectivity index (χ2n) is 3.88. The molecule has 18 heavy (non-hydrogen) atoms. The molecular formula is C14H17N3O. The van der Waals surface area contributed by atoms with E-state index in [0.29, 0.717) is 6.61 Å². The number of nitrogens with one attached hydrogen (secondary N) is 1. The Morgan fingerprint density at radius 1 is 1.11 bits per heavy atom. The molecule has 4 nitrogen and oxygen atoms in total. The van der Waals surface area contributed by atoms with Crippen LogP contribution in [0.15, 0.2) is 42.7 Å². The van der Waals surface area contributed by atoms with E-state index in [4.69, 9.17) is 4.74 Å². The fourth-order valence-electron chi connectivity index (χ4n) is 1.49. The van der Waals surface area contributed by atoms with Gasteiger partial charge >= 0.3 is 0 Å². The van der Waals surface area contributed by atoms with Crippen molar-refractivity contribution in [2.24, 2.45) is 0 Å². The molecule has 0 unspecified atom stereocenters. The molecule has 0 aliphatic rings. The lowest BCUT2D eigenvalue weighted by Gasteiger charge is -2.06. The standard InChI is InChI=1S/C14H17N3O/c1-2-15-9-12-6-7-14(10-17-12)18-11-13-5-3-4-8-16-13/h3-8,10,15H,2,9,11H2,1H3. The monoisotopic (exact) mass is 243 g/mol. The molecule has 2 rings (SSSR count). The molecule has 0 saturated carbocycles. The molecule has 0 saturated heterocycles. The van der Waals surface area contributed by atoms with E-state index < -0.39 is 0 Å².